The summed E-state index contributed by atoms with van der Waals surface area (Å²) in [5, 5.41) is 7.33. The summed E-state index contributed by atoms with van der Waals surface area (Å²) < 4.78 is 28.8. The molecule has 3 N–H and O–H groups in total. The van der Waals surface area contributed by atoms with Crippen LogP contribution in [0.4, 0.5) is 8.78 Å². The molecule has 2 rings (SSSR count). The van der Waals surface area contributed by atoms with Gasteiger partial charge >= 0.3 is 6.61 Å². The van der Waals surface area contributed by atoms with Crippen LogP contribution in [0.2, 0.25) is 0 Å². The molecule has 0 bridgehead atoms. The number of hydrogen-bond donors (Lipinski definition) is 3. The van der Waals surface area contributed by atoms with Gasteiger partial charge in [0.2, 0.25) is 11.8 Å². The number of halogens is 2. The molecule has 0 atom stereocenters. The molecule has 7 nitrogen and oxygen atoms in total. The highest BCUT2D eigenvalue weighted by molar-refractivity contribution is 5.99. The van der Waals surface area contributed by atoms with E-state index in [2.05, 4.69) is 20.7 Å². The second kappa shape index (κ2) is 8.23. The number of carbonyl (C=O) groups is 3. The lowest BCUT2D eigenvalue weighted by atomic mass is 10.2. The van der Waals surface area contributed by atoms with E-state index in [1.54, 1.807) is 0 Å². The minimum absolute atomic E-state index is 0.114. The van der Waals surface area contributed by atoms with Crippen molar-refractivity contribution in [2.75, 3.05) is 13.1 Å². The number of nitrogens with one attached hydrogen (secondary N) is 3. The Hall–Kier alpha value is -2.71. The van der Waals surface area contributed by atoms with Gasteiger partial charge in [0.15, 0.2) is 0 Å². The Morgan fingerprint density at radius 3 is 2.42 bits per heavy atom. The van der Waals surface area contributed by atoms with Crippen LogP contribution in [0.1, 0.15) is 23.2 Å². The number of alkyl halides is 2. The summed E-state index contributed by atoms with van der Waals surface area (Å²) in [5.74, 6) is -1.88. The number of ether oxygens (including phenoxy) is 1. The molecule has 1 fully saturated rings. The SMILES string of the molecule is O=C(CNC(=O)c1ccccc1OC(F)F)NCC(=O)NC1CC1. The van der Waals surface area contributed by atoms with Crippen LogP contribution in [0.25, 0.3) is 0 Å². The molecule has 1 aromatic carbocycles. The summed E-state index contributed by atoms with van der Waals surface area (Å²) >= 11 is 0. The highest BCUT2D eigenvalue weighted by atomic mass is 19.3. The van der Waals surface area contributed by atoms with Gasteiger partial charge in [0.05, 0.1) is 18.7 Å². The second-order valence-corrected chi connectivity index (χ2v) is 5.18. The van der Waals surface area contributed by atoms with E-state index < -0.39 is 25.0 Å². The summed E-state index contributed by atoms with van der Waals surface area (Å²) in [4.78, 5) is 34.9. The van der Waals surface area contributed by atoms with Gasteiger partial charge in [-0.1, -0.05) is 12.1 Å². The molecule has 0 unspecified atom stereocenters. The van der Waals surface area contributed by atoms with Crippen molar-refractivity contribution >= 4 is 17.7 Å². The fourth-order valence-electron chi connectivity index (χ4n) is 1.86. The van der Waals surface area contributed by atoms with Gasteiger partial charge in [-0.2, -0.15) is 8.78 Å². The molecular weight excluding hydrogens is 324 g/mol. The van der Waals surface area contributed by atoms with Crippen LogP contribution in [0.15, 0.2) is 24.3 Å². The molecule has 1 aliphatic rings. The average Bonchev–Trinajstić information content (AvgIpc) is 3.34. The Balaban J connectivity index is 1.77. The second-order valence-electron chi connectivity index (χ2n) is 5.18. The summed E-state index contributed by atoms with van der Waals surface area (Å²) in [6.45, 7) is -3.64. The molecule has 130 valence electrons. The summed E-state index contributed by atoms with van der Waals surface area (Å²) in [5.41, 5.74) is -0.114. The van der Waals surface area contributed by atoms with Gasteiger partial charge in [-0.25, -0.2) is 0 Å². The lowest BCUT2D eigenvalue weighted by molar-refractivity contribution is -0.125. The Morgan fingerprint density at radius 2 is 1.75 bits per heavy atom. The van der Waals surface area contributed by atoms with E-state index in [-0.39, 0.29) is 29.8 Å². The third-order valence-electron chi connectivity index (χ3n) is 3.15. The minimum Gasteiger partial charge on any atom is -0.434 e. The number of rotatable bonds is 8. The van der Waals surface area contributed by atoms with Crippen LogP contribution in [0.5, 0.6) is 5.75 Å². The smallest absolute Gasteiger partial charge is 0.387 e. The fraction of sp³-hybridized carbons (Fsp3) is 0.400. The van der Waals surface area contributed by atoms with Gasteiger partial charge in [0, 0.05) is 6.04 Å². The number of para-hydroxylation sites is 1. The van der Waals surface area contributed by atoms with Crippen molar-refractivity contribution in [3.8, 4) is 5.75 Å². The standard InChI is InChI=1S/C15H17F2N3O4/c16-15(17)24-11-4-2-1-3-10(11)14(23)19-7-12(21)18-8-13(22)20-9-5-6-9/h1-4,9,15H,5-8H2,(H,18,21)(H,19,23)(H,20,22). The molecule has 1 aromatic rings. The third kappa shape index (κ3) is 5.82. The van der Waals surface area contributed by atoms with E-state index in [9.17, 15) is 23.2 Å². The predicted octanol–water partition coefficient (Wildman–Crippen LogP) is 0.413. The topological polar surface area (TPSA) is 96.5 Å². The van der Waals surface area contributed by atoms with Crippen molar-refractivity contribution in [1.82, 2.24) is 16.0 Å². The maximum atomic E-state index is 12.3. The highest BCUT2D eigenvalue weighted by Crippen LogP contribution is 2.20. The first-order valence-corrected chi connectivity index (χ1v) is 7.34. The predicted molar refractivity (Wildman–Crippen MR) is 79.6 cm³/mol. The first-order chi connectivity index (χ1) is 11.5. The van der Waals surface area contributed by atoms with Crippen molar-refractivity contribution in [2.45, 2.75) is 25.5 Å². The van der Waals surface area contributed by atoms with Crippen molar-refractivity contribution < 1.29 is 27.9 Å². The largest absolute Gasteiger partial charge is 0.434 e. The van der Waals surface area contributed by atoms with E-state index in [1.807, 2.05) is 0 Å². The molecule has 1 aliphatic carbocycles. The molecule has 3 amide bonds. The average molecular weight is 341 g/mol. The summed E-state index contributed by atoms with van der Waals surface area (Å²) in [6, 6.07) is 5.65. The van der Waals surface area contributed by atoms with Gasteiger partial charge < -0.3 is 20.7 Å². The van der Waals surface area contributed by atoms with E-state index in [1.165, 1.54) is 24.3 Å². The molecule has 0 radical (unpaired) electrons. The normalized spacial score (nSPS) is 13.3. The quantitative estimate of drug-likeness (QED) is 0.638. The minimum atomic E-state index is -3.06. The van der Waals surface area contributed by atoms with Crippen LogP contribution in [-0.2, 0) is 9.59 Å². The first-order valence-electron chi connectivity index (χ1n) is 7.34. The molecule has 0 aromatic heterocycles. The Kier molecular flexibility index (Phi) is 6.05. The third-order valence-corrected chi connectivity index (χ3v) is 3.15. The van der Waals surface area contributed by atoms with Crippen LogP contribution in [0.3, 0.4) is 0 Å². The van der Waals surface area contributed by atoms with Crippen molar-refractivity contribution in [2.24, 2.45) is 0 Å². The molecule has 0 aliphatic heterocycles. The van der Waals surface area contributed by atoms with Crippen LogP contribution >= 0.6 is 0 Å². The lowest BCUT2D eigenvalue weighted by Gasteiger charge is -2.11. The van der Waals surface area contributed by atoms with Gasteiger partial charge in [-0.05, 0) is 25.0 Å². The zero-order valence-electron chi connectivity index (χ0n) is 12.7. The van der Waals surface area contributed by atoms with E-state index >= 15 is 0 Å². The van der Waals surface area contributed by atoms with Gasteiger partial charge in [0.25, 0.3) is 5.91 Å². The van der Waals surface area contributed by atoms with Crippen molar-refractivity contribution in [1.29, 1.82) is 0 Å². The first kappa shape index (κ1) is 17.6. The van der Waals surface area contributed by atoms with Crippen molar-refractivity contribution in [3.05, 3.63) is 29.8 Å². The molecule has 0 saturated heterocycles. The number of amides is 3. The zero-order valence-corrected chi connectivity index (χ0v) is 12.7. The van der Waals surface area contributed by atoms with E-state index in [4.69, 9.17) is 0 Å². The van der Waals surface area contributed by atoms with E-state index in [0.29, 0.717) is 0 Å². The van der Waals surface area contributed by atoms with Crippen LogP contribution < -0.4 is 20.7 Å². The molecular formula is C15H17F2N3O4. The zero-order chi connectivity index (χ0) is 17.5. The maximum absolute atomic E-state index is 12.3. The molecule has 0 spiro atoms. The fourth-order valence-corrected chi connectivity index (χ4v) is 1.86. The van der Waals surface area contributed by atoms with Gasteiger partial charge in [-0.15, -0.1) is 0 Å². The van der Waals surface area contributed by atoms with Gasteiger partial charge in [-0.3, -0.25) is 14.4 Å². The summed E-state index contributed by atoms with van der Waals surface area (Å²) in [7, 11) is 0. The Bertz CT molecular complexity index is 620. The molecule has 1 saturated carbocycles. The van der Waals surface area contributed by atoms with Crippen LogP contribution in [-0.4, -0.2) is 43.5 Å². The van der Waals surface area contributed by atoms with Crippen molar-refractivity contribution in [3.63, 3.8) is 0 Å². The van der Waals surface area contributed by atoms with Crippen LogP contribution in [0, 0.1) is 0 Å². The van der Waals surface area contributed by atoms with E-state index in [0.717, 1.165) is 12.8 Å². The monoisotopic (exact) mass is 341 g/mol. The Morgan fingerprint density at radius 1 is 1.08 bits per heavy atom. The molecule has 0 heterocycles. The van der Waals surface area contributed by atoms with Gasteiger partial charge in [0.1, 0.15) is 5.75 Å². The highest BCUT2D eigenvalue weighted by Gasteiger charge is 2.23. The number of carbonyl (C=O) groups excluding carboxylic acids is 3. The number of benzene rings is 1. The molecule has 9 heteroatoms. The number of hydrogen-bond acceptors (Lipinski definition) is 4. The Labute approximate surface area is 136 Å². The molecule has 24 heavy (non-hydrogen) atoms. The summed E-state index contributed by atoms with van der Waals surface area (Å²) in [6.07, 6.45) is 1.88. The maximum Gasteiger partial charge on any atom is 0.387 e. The lowest BCUT2D eigenvalue weighted by Crippen LogP contribution is -2.42.